The van der Waals surface area contributed by atoms with Crippen LogP contribution in [0.1, 0.15) is 5.56 Å². The molecule has 3 nitrogen and oxygen atoms in total. The van der Waals surface area contributed by atoms with Gasteiger partial charge in [0.05, 0.1) is 6.61 Å². The minimum Gasteiger partial charge on any atom is -0.467 e. The zero-order chi connectivity index (χ0) is 9.68. The predicted molar refractivity (Wildman–Crippen MR) is 52.6 cm³/mol. The number of methoxy groups -OCH3 is 1. The van der Waals surface area contributed by atoms with Gasteiger partial charge in [0.15, 0.2) is 6.79 Å². The summed E-state index contributed by atoms with van der Waals surface area (Å²) in [5.74, 6) is 0.638. The summed E-state index contributed by atoms with van der Waals surface area (Å²) in [7, 11) is 1.55. The molecule has 0 spiro atoms. The van der Waals surface area contributed by atoms with E-state index in [4.69, 9.17) is 14.6 Å². The van der Waals surface area contributed by atoms with E-state index in [0.717, 1.165) is 10.0 Å². The molecule has 1 aromatic rings. The first-order valence-corrected chi connectivity index (χ1v) is 4.58. The fourth-order valence-corrected chi connectivity index (χ4v) is 1.26. The molecule has 0 unspecified atom stereocenters. The van der Waals surface area contributed by atoms with Gasteiger partial charge in [-0.2, -0.15) is 0 Å². The Bertz CT molecular complexity index is 276. The Labute approximate surface area is 85.4 Å². The predicted octanol–water partition coefficient (Wildman–Crippen LogP) is 1.92. The second-order valence-electron chi connectivity index (χ2n) is 2.46. The topological polar surface area (TPSA) is 38.7 Å². The van der Waals surface area contributed by atoms with Crippen LogP contribution in [0, 0.1) is 0 Å². The van der Waals surface area contributed by atoms with E-state index in [1.807, 2.05) is 6.07 Å². The molecule has 0 heterocycles. The van der Waals surface area contributed by atoms with Gasteiger partial charge in [-0.15, -0.1) is 0 Å². The van der Waals surface area contributed by atoms with Gasteiger partial charge >= 0.3 is 0 Å². The molecule has 1 N–H and O–H groups in total. The molecule has 1 rings (SSSR count). The van der Waals surface area contributed by atoms with E-state index in [1.165, 1.54) is 0 Å². The first-order chi connectivity index (χ1) is 6.27. The molecule has 4 heteroatoms. The number of hydrogen-bond acceptors (Lipinski definition) is 3. The molecular formula is C9H11BrO3. The zero-order valence-corrected chi connectivity index (χ0v) is 8.87. The van der Waals surface area contributed by atoms with Gasteiger partial charge in [0.25, 0.3) is 0 Å². The van der Waals surface area contributed by atoms with Gasteiger partial charge in [0, 0.05) is 17.1 Å². The van der Waals surface area contributed by atoms with Gasteiger partial charge in [-0.05, 0) is 12.1 Å². The van der Waals surface area contributed by atoms with Gasteiger partial charge < -0.3 is 14.6 Å². The molecule has 13 heavy (non-hydrogen) atoms. The maximum absolute atomic E-state index is 8.97. The van der Waals surface area contributed by atoms with Crippen molar-refractivity contribution in [2.24, 2.45) is 0 Å². The summed E-state index contributed by atoms with van der Waals surface area (Å²) in [6, 6.07) is 5.45. The Morgan fingerprint density at radius 2 is 2.23 bits per heavy atom. The Morgan fingerprint density at radius 3 is 2.85 bits per heavy atom. The SMILES string of the molecule is COCOc1cc(Br)ccc1CO. The highest BCUT2D eigenvalue weighted by Gasteiger charge is 2.02. The lowest BCUT2D eigenvalue weighted by molar-refractivity contribution is 0.0495. The molecule has 0 saturated heterocycles. The Kier molecular flexibility index (Phi) is 4.21. The van der Waals surface area contributed by atoms with Crippen molar-refractivity contribution in [2.75, 3.05) is 13.9 Å². The third kappa shape index (κ3) is 2.99. The lowest BCUT2D eigenvalue weighted by atomic mass is 10.2. The first-order valence-electron chi connectivity index (χ1n) is 3.79. The van der Waals surface area contributed by atoms with E-state index in [9.17, 15) is 0 Å². The minimum absolute atomic E-state index is 0.0354. The van der Waals surface area contributed by atoms with Gasteiger partial charge in [0.2, 0.25) is 0 Å². The lowest BCUT2D eigenvalue weighted by Crippen LogP contribution is -2.01. The molecule has 0 fully saturated rings. The van der Waals surface area contributed by atoms with Crippen LogP contribution in [0.4, 0.5) is 0 Å². The third-order valence-corrected chi connectivity index (χ3v) is 2.03. The number of hydrogen-bond donors (Lipinski definition) is 1. The Balaban J connectivity index is 2.81. The molecule has 0 amide bonds. The summed E-state index contributed by atoms with van der Waals surface area (Å²) in [4.78, 5) is 0. The van der Waals surface area contributed by atoms with Gasteiger partial charge in [-0.25, -0.2) is 0 Å². The first kappa shape index (κ1) is 10.5. The normalized spacial score (nSPS) is 10.1. The van der Waals surface area contributed by atoms with Crippen LogP contribution < -0.4 is 4.74 Å². The summed E-state index contributed by atoms with van der Waals surface area (Å²) in [5, 5.41) is 8.97. The van der Waals surface area contributed by atoms with Crippen molar-refractivity contribution in [1.29, 1.82) is 0 Å². The number of rotatable bonds is 4. The largest absolute Gasteiger partial charge is 0.467 e. The fraction of sp³-hybridized carbons (Fsp3) is 0.333. The second kappa shape index (κ2) is 5.21. The number of aliphatic hydroxyl groups is 1. The molecule has 0 aliphatic heterocycles. The average molecular weight is 247 g/mol. The number of ether oxygens (including phenoxy) is 2. The van der Waals surface area contributed by atoms with Crippen LogP contribution in [-0.4, -0.2) is 19.0 Å². The van der Waals surface area contributed by atoms with Gasteiger partial charge in [0.1, 0.15) is 5.75 Å². The highest BCUT2D eigenvalue weighted by atomic mass is 79.9. The summed E-state index contributed by atoms with van der Waals surface area (Å²) in [6.45, 7) is 0.149. The van der Waals surface area contributed by atoms with E-state index in [1.54, 1.807) is 19.2 Å². The van der Waals surface area contributed by atoms with Crippen molar-refractivity contribution in [1.82, 2.24) is 0 Å². The van der Waals surface area contributed by atoms with Crippen LogP contribution in [0.25, 0.3) is 0 Å². The van der Waals surface area contributed by atoms with E-state index >= 15 is 0 Å². The van der Waals surface area contributed by atoms with Crippen molar-refractivity contribution in [3.8, 4) is 5.75 Å². The van der Waals surface area contributed by atoms with E-state index in [0.29, 0.717) is 5.75 Å². The van der Waals surface area contributed by atoms with Crippen LogP contribution >= 0.6 is 15.9 Å². The molecule has 0 radical (unpaired) electrons. The molecule has 0 aliphatic carbocycles. The Morgan fingerprint density at radius 1 is 1.46 bits per heavy atom. The molecule has 0 aromatic heterocycles. The zero-order valence-electron chi connectivity index (χ0n) is 7.29. The van der Waals surface area contributed by atoms with Crippen LogP contribution in [0.3, 0.4) is 0 Å². The highest BCUT2D eigenvalue weighted by Crippen LogP contribution is 2.23. The van der Waals surface area contributed by atoms with Crippen LogP contribution in [0.2, 0.25) is 0 Å². The van der Waals surface area contributed by atoms with Crippen molar-refractivity contribution >= 4 is 15.9 Å². The highest BCUT2D eigenvalue weighted by molar-refractivity contribution is 9.10. The smallest absolute Gasteiger partial charge is 0.188 e. The van der Waals surface area contributed by atoms with Crippen LogP contribution in [0.5, 0.6) is 5.75 Å². The van der Waals surface area contributed by atoms with Gasteiger partial charge in [-0.1, -0.05) is 22.0 Å². The van der Waals surface area contributed by atoms with Crippen molar-refractivity contribution in [3.05, 3.63) is 28.2 Å². The fourth-order valence-electron chi connectivity index (χ4n) is 0.916. The van der Waals surface area contributed by atoms with Crippen molar-refractivity contribution < 1.29 is 14.6 Å². The standard InChI is InChI=1S/C9H11BrO3/c1-12-6-13-9-4-8(10)3-2-7(9)5-11/h2-4,11H,5-6H2,1H3. The average Bonchev–Trinajstić information content (AvgIpc) is 2.15. The van der Waals surface area contributed by atoms with Crippen LogP contribution in [-0.2, 0) is 11.3 Å². The molecule has 0 aliphatic rings. The van der Waals surface area contributed by atoms with E-state index < -0.39 is 0 Å². The number of halogens is 1. The van der Waals surface area contributed by atoms with Crippen molar-refractivity contribution in [2.45, 2.75) is 6.61 Å². The maximum Gasteiger partial charge on any atom is 0.188 e. The van der Waals surface area contributed by atoms with Crippen LogP contribution in [0.15, 0.2) is 22.7 Å². The molecular weight excluding hydrogens is 236 g/mol. The monoisotopic (exact) mass is 246 g/mol. The number of benzene rings is 1. The molecule has 1 aromatic carbocycles. The third-order valence-electron chi connectivity index (χ3n) is 1.53. The summed E-state index contributed by atoms with van der Waals surface area (Å²) in [5.41, 5.74) is 0.750. The summed E-state index contributed by atoms with van der Waals surface area (Å²) >= 11 is 3.31. The minimum atomic E-state index is -0.0354. The summed E-state index contributed by atoms with van der Waals surface area (Å²) in [6.07, 6.45) is 0. The van der Waals surface area contributed by atoms with E-state index in [2.05, 4.69) is 15.9 Å². The van der Waals surface area contributed by atoms with Crippen molar-refractivity contribution in [3.63, 3.8) is 0 Å². The molecule has 0 atom stereocenters. The molecule has 72 valence electrons. The quantitative estimate of drug-likeness (QED) is 0.826. The molecule has 0 saturated carbocycles. The summed E-state index contributed by atoms with van der Waals surface area (Å²) < 4.78 is 10.9. The lowest BCUT2D eigenvalue weighted by Gasteiger charge is -2.08. The van der Waals surface area contributed by atoms with E-state index in [-0.39, 0.29) is 13.4 Å². The maximum atomic E-state index is 8.97. The van der Waals surface area contributed by atoms with Gasteiger partial charge in [-0.3, -0.25) is 0 Å². The number of aliphatic hydroxyl groups excluding tert-OH is 1. The molecule has 0 bridgehead atoms. The Hall–Kier alpha value is -0.580. The second-order valence-corrected chi connectivity index (χ2v) is 3.38.